The molecule has 7 rings (SSSR count). The molecule has 5 N–H and O–H groups in total. The van der Waals surface area contributed by atoms with Crippen LogP contribution < -0.4 is 20.7 Å². The molecule has 5 atom stereocenters. The Morgan fingerprint density at radius 2 is 2.02 bits per heavy atom. The summed E-state index contributed by atoms with van der Waals surface area (Å²) in [6, 6.07) is 5.98. The number of aliphatic hydroxyl groups excluding tert-OH is 1. The van der Waals surface area contributed by atoms with Gasteiger partial charge in [0.1, 0.15) is 47.1 Å². The third-order valence-corrected chi connectivity index (χ3v) is 8.63. The molecule has 1 spiro atoms. The predicted octanol–water partition coefficient (Wildman–Crippen LogP) is 3.70. The van der Waals surface area contributed by atoms with Crippen LogP contribution in [-0.2, 0) is 28.0 Å². The molecule has 0 saturated carbocycles. The Kier molecular flexibility index (Phi) is 5.28. The highest BCUT2D eigenvalue weighted by atomic mass is 19.1. The van der Waals surface area contributed by atoms with Crippen LogP contribution in [0.1, 0.15) is 85.5 Å². The van der Waals surface area contributed by atoms with Crippen molar-refractivity contribution in [2.75, 3.05) is 5.32 Å². The van der Waals surface area contributed by atoms with E-state index in [0.717, 1.165) is 0 Å². The van der Waals surface area contributed by atoms with Crippen LogP contribution in [-0.4, -0.2) is 50.3 Å². The van der Waals surface area contributed by atoms with Crippen molar-refractivity contribution in [2.24, 2.45) is 11.3 Å². The van der Waals surface area contributed by atoms with E-state index < -0.39 is 79.1 Å². The number of nitrogens with one attached hydrogen (secondary N) is 3. The first-order chi connectivity index (χ1) is 25.4. The monoisotopic (exact) mass is 653 g/mol. The quantitative estimate of drug-likeness (QED) is 0.214. The maximum Gasteiger partial charge on any atom is 0.249 e. The molecule has 2 aromatic heterocycles. The number of benzene rings is 2. The molecular formula is C34H36FN5O7. The molecule has 2 amide bonds. The number of hydrogen-bond donors (Lipinski definition) is 5. The molecule has 2 aromatic carbocycles. The van der Waals surface area contributed by atoms with Gasteiger partial charge in [-0.3, -0.25) is 9.59 Å². The first-order valence-electron chi connectivity index (χ1n) is 18.7. The van der Waals surface area contributed by atoms with Crippen molar-refractivity contribution in [1.82, 2.24) is 20.6 Å². The number of rotatable bonds is 5. The number of nitrogens with zero attached hydrogens (tertiary/aromatic N) is 2. The van der Waals surface area contributed by atoms with Gasteiger partial charge < -0.3 is 39.7 Å². The molecule has 3 aliphatic rings. The smallest absolute Gasteiger partial charge is 0.249 e. The summed E-state index contributed by atoms with van der Waals surface area (Å²) in [5.74, 6) is -7.27. The Labute approximate surface area is 281 Å². The third kappa shape index (κ3) is 4.87. The lowest BCUT2D eigenvalue weighted by atomic mass is 9.72. The van der Waals surface area contributed by atoms with Crippen LogP contribution in [0.2, 0.25) is 0 Å². The summed E-state index contributed by atoms with van der Waals surface area (Å²) in [4.78, 5) is 37.1. The highest BCUT2D eigenvalue weighted by molar-refractivity contribution is 5.90. The van der Waals surface area contributed by atoms with Gasteiger partial charge in [0.25, 0.3) is 0 Å². The van der Waals surface area contributed by atoms with Crippen LogP contribution >= 0.6 is 0 Å². The molecule has 0 unspecified atom stereocenters. The van der Waals surface area contributed by atoms with E-state index in [1.165, 1.54) is 24.5 Å². The number of anilines is 1. The fraction of sp³-hybridized carbons (Fsp3) is 0.412. The number of aromatic nitrogens is 2. The van der Waals surface area contributed by atoms with E-state index in [2.05, 4.69) is 20.9 Å². The lowest BCUT2D eigenvalue weighted by Crippen LogP contribution is -2.53. The number of fused-ring (bicyclic) bond motifs is 4. The van der Waals surface area contributed by atoms with Crippen molar-refractivity contribution in [3.8, 4) is 17.3 Å². The Hall–Kier alpha value is -4.75. The summed E-state index contributed by atoms with van der Waals surface area (Å²) >= 11 is 0. The molecule has 4 aromatic rings. The lowest BCUT2D eigenvalue weighted by Gasteiger charge is -2.32. The first kappa shape index (κ1) is 22.7. The fourth-order valence-corrected chi connectivity index (χ4v) is 6.41. The van der Waals surface area contributed by atoms with Crippen LogP contribution in [0.5, 0.6) is 5.75 Å². The van der Waals surface area contributed by atoms with Gasteiger partial charge in [0.2, 0.25) is 23.6 Å². The van der Waals surface area contributed by atoms with Crippen LogP contribution in [0.4, 0.5) is 10.1 Å². The molecule has 246 valence electrons. The Balaban J connectivity index is 1.45. The molecular weight excluding hydrogens is 609 g/mol. The van der Waals surface area contributed by atoms with Crippen LogP contribution in [0.3, 0.4) is 0 Å². The number of hydrogen-bond acceptors (Lipinski definition) is 10. The van der Waals surface area contributed by atoms with Gasteiger partial charge in [-0.05, 0) is 41.1 Å². The minimum atomic E-state index is -4.13. The molecule has 3 aliphatic heterocycles. The van der Waals surface area contributed by atoms with Gasteiger partial charge in [-0.25, -0.2) is 14.4 Å². The molecule has 13 heteroatoms. The molecule has 0 saturated heterocycles. The van der Waals surface area contributed by atoms with E-state index in [9.17, 15) is 19.8 Å². The zero-order valence-electron chi connectivity index (χ0n) is 33.4. The SMILES string of the molecule is [2H]C([2H])([2H])C([2H])(C([2H])([2H])[2H])[C@]([2H])(O)C(=O)N[C@H]1Cc2ccc3c(c2)[C@@]2(c4cc(F)ccc4N[C@@H]2O3)c2oc(nc2-c2nc(CO)co2)[C@H](C(C)(C)C)NC1=O. The second-order valence-corrected chi connectivity index (χ2v) is 12.8. The fourth-order valence-electron chi connectivity index (χ4n) is 6.41. The number of carbonyl (C=O) groups excluding carboxylic acids is 2. The minimum absolute atomic E-state index is 0.0356. The number of ether oxygens (including phenoxy) is 1. The van der Waals surface area contributed by atoms with E-state index in [0.29, 0.717) is 28.1 Å². The topological polar surface area (TPSA) is 172 Å². The Morgan fingerprint density at radius 3 is 2.74 bits per heavy atom. The summed E-state index contributed by atoms with van der Waals surface area (Å²) in [5, 5.41) is 29.1. The number of amides is 2. The summed E-state index contributed by atoms with van der Waals surface area (Å²) in [6.45, 7) is -2.99. The van der Waals surface area contributed by atoms with Crippen LogP contribution in [0, 0.1) is 17.1 Å². The number of carbonyl (C=O) groups is 2. The Morgan fingerprint density at radius 1 is 1.21 bits per heavy atom. The van der Waals surface area contributed by atoms with Crippen molar-refractivity contribution in [3.05, 3.63) is 82.5 Å². The Bertz CT molecular complexity index is 2200. The van der Waals surface area contributed by atoms with Gasteiger partial charge >= 0.3 is 0 Å². The van der Waals surface area contributed by atoms with Gasteiger partial charge in [0.15, 0.2) is 17.7 Å². The summed E-state index contributed by atoms with van der Waals surface area (Å²) in [6.07, 6.45) is -4.25. The standard InChI is InChI=1S/C34H36FN5O7/c1-15(2)25(42)29(44)37-22-11-16-6-9-23-20(10-16)34(19-12-17(35)7-8-21(19)38-32(34)46-23)27-24(30-36-18(13-41)14-45-30)39-31(47-27)26(33(3,4)5)40-28(22)43/h6-10,12,14-15,22,25-26,32,38,41-42H,11,13H2,1-5H3,(H,37,44)(H,40,43)/t22-,25-,26+,32+,34-/m0/s1/i1D3,2D3,15D,25D. The normalized spacial score (nSPS) is 27.4. The van der Waals surface area contributed by atoms with E-state index >= 15 is 4.39 Å². The molecule has 0 aliphatic carbocycles. The molecule has 4 bridgehead atoms. The van der Waals surface area contributed by atoms with E-state index in [1.807, 2.05) is 0 Å². The second kappa shape index (κ2) is 10.9. The summed E-state index contributed by atoms with van der Waals surface area (Å²) in [5.41, 5.74) is -0.624. The molecule has 12 nitrogen and oxygen atoms in total. The van der Waals surface area contributed by atoms with Crippen molar-refractivity contribution in [2.45, 2.75) is 77.3 Å². The van der Waals surface area contributed by atoms with E-state index in [1.54, 1.807) is 39.0 Å². The van der Waals surface area contributed by atoms with Crippen LogP contribution in [0.15, 0.2) is 51.5 Å². The van der Waals surface area contributed by atoms with Crippen molar-refractivity contribution in [1.29, 1.82) is 0 Å². The molecule has 47 heavy (non-hydrogen) atoms. The average Bonchev–Trinajstić information content (AvgIpc) is 3.85. The van der Waals surface area contributed by atoms with Gasteiger partial charge in [0.05, 0.1) is 7.98 Å². The van der Waals surface area contributed by atoms with Crippen molar-refractivity contribution >= 4 is 17.5 Å². The zero-order valence-corrected chi connectivity index (χ0v) is 25.4. The maximum atomic E-state index is 15.2. The molecule has 0 radical (unpaired) electrons. The molecule has 5 heterocycles. The van der Waals surface area contributed by atoms with Gasteiger partial charge in [-0.2, -0.15) is 0 Å². The van der Waals surface area contributed by atoms with Gasteiger partial charge in [-0.15, -0.1) is 0 Å². The van der Waals surface area contributed by atoms with Crippen molar-refractivity contribution in [3.63, 3.8) is 0 Å². The predicted molar refractivity (Wildman–Crippen MR) is 166 cm³/mol. The minimum Gasteiger partial charge on any atom is -0.469 e. The highest BCUT2D eigenvalue weighted by Gasteiger charge is 2.61. The van der Waals surface area contributed by atoms with E-state index in [4.69, 9.17) is 29.5 Å². The second-order valence-electron chi connectivity index (χ2n) is 12.8. The summed E-state index contributed by atoms with van der Waals surface area (Å²) in [7, 11) is 0. The maximum absolute atomic E-state index is 15.2. The van der Waals surface area contributed by atoms with Gasteiger partial charge in [0, 0.05) is 32.8 Å². The number of halogens is 1. The summed E-state index contributed by atoms with van der Waals surface area (Å²) < 4.78 is 97.1. The number of oxazole rings is 2. The first-order valence-corrected chi connectivity index (χ1v) is 14.7. The van der Waals surface area contributed by atoms with Gasteiger partial charge in [-0.1, -0.05) is 46.6 Å². The largest absolute Gasteiger partial charge is 0.469 e. The third-order valence-electron chi connectivity index (χ3n) is 8.63. The lowest BCUT2D eigenvalue weighted by molar-refractivity contribution is -0.136. The molecule has 0 fully saturated rings. The van der Waals surface area contributed by atoms with Crippen LogP contribution in [0.25, 0.3) is 11.6 Å². The number of aliphatic hydroxyl groups is 2. The highest BCUT2D eigenvalue weighted by Crippen LogP contribution is 2.59. The zero-order chi connectivity index (χ0) is 40.3. The van der Waals surface area contributed by atoms with Crippen molar-refractivity contribution < 1.29 is 48.7 Å². The van der Waals surface area contributed by atoms with E-state index in [-0.39, 0.29) is 35.4 Å². The average molecular weight is 654 g/mol.